The number of hydrogen-bond donors (Lipinski definition) is 1. The van der Waals surface area contributed by atoms with Gasteiger partial charge in [0.1, 0.15) is 5.75 Å². The first-order valence-electron chi connectivity index (χ1n) is 9.52. The summed E-state index contributed by atoms with van der Waals surface area (Å²) in [4.78, 5) is 16.7. The Morgan fingerprint density at radius 2 is 1.77 bits per heavy atom. The highest BCUT2D eigenvalue weighted by Crippen LogP contribution is 2.31. The van der Waals surface area contributed by atoms with E-state index in [2.05, 4.69) is 15.5 Å². The van der Waals surface area contributed by atoms with Gasteiger partial charge >= 0.3 is 0 Å². The summed E-state index contributed by atoms with van der Waals surface area (Å²) in [6.07, 6.45) is 0.593. The fourth-order valence-electron chi connectivity index (χ4n) is 2.96. The number of aryl methyl sites for hydroxylation is 1. The number of nitrogens with one attached hydrogen (secondary N) is 1. The highest BCUT2D eigenvalue weighted by Gasteiger charge is 2.14. The van der Waals surface area contributed by atoms with Crippen LogP contribution in [-0.2, 0) is 11.2 Å². The van der Waals surface area contributed by atoms with Crippen LogP contribution in [0.2, 0.25) is 0 Å². The van der Waals surface area contributed by atoms with E-state index in [0.29, 0.717) is 29.6 Å². The van der Waals surface area contributed by atoms with E-state index >= 15 is 0 Å². The molecule has 0 saturated heterocycles. The largest absolute Gasteiger partial charge is 0.497 e. The molecular formula is C22H25N3O5. The van der Waals surface area contributed by atoms with Crippen molar-refractivity contribution in [2.75, 3.05) is 21.3 Å². The van der Waals surface area contributed by atoms with Gasteiger partial charge in [0.15, 0.2) is 11.5 Å². The second-order valence-corrected chi connectivity index (χ2v) is 6.64. The van der Waals surface area contributed by atoms with Gasteiger partial charge in [0.05, 0.1) is 27.4 Å². The Balaban J connectivity index is 1.56. The Bertz CT molecular complexity index is 985. The highest BCUT2D eigenvalue weighted by atomic mass is 16.5. The highest BCUT2D eigenvalue weighted by molar-refractivity contribution is 5.76. The minimum absolute atomic E-state index is 0.0933. The third-order valence-electron chi connectivity index (χ3n) is 4.67. The number of benzene rings is 2. The number of carbonyl (C=O) groups is 1. The van der Waals surface area contributed by atoms with Gasteiger partial charge in [-0.3, -0.25) is 4.79 Å². The molecule has 1 amide bonds. The van der Waals surface area contributed by atoms with Crippen molar-refractivity contribution in [1.29, 1.82) is 0 Å². The van der Waals surface area contributed by atoms with E-state index in [4.69, 9.17) is 18.7 Å². The number of aromatic nitrogens is 2. The van der Waals surface area contributed by atoms with E-state index in [1.807, 2.05) is 37.3 Å². The molecule has 3 rings (SSSR count). The minimum atomic E-state index is -0.117. The zero-order chi connectivity index (χ0) is 21.5. The van der Waals surface area contributed by atoms with Crippen molar-refractivity contribution in [2.24, 2.45) is 0 Å². The van der Waals surface area contributed by atoms with Crippen LogP contribution in [0, 0.1) is 0 Å². The van der Waals surface area contributed by atoms with Crippen molar-refractivity contribution >= 4 is 5.91 Å². The van der Waals surface area contributed by atoms with Crippen LogP contribution < -0.4 is 19.5 Å². The zero-order valence-corrected chi connectivity index (χ0v) is 17.5. The van der Waals surface area contributed by atoms with Gasteiger partial charge in [-0.15, -0.1) is 0 Å². The number of nitrogens with zero attached hydrogens (tertiary/aromatic N) is 2. The molecule has 2 aromatic carbocycles. The van der Waals surface area contributed by atoms with Crippen LogP contribution in [0.1, 0.15) is 30.8 Å². The average molecular weight is 411 g/mol. The van der Waals surface area contributed by atoms with Crippen LogP contribution in [0.15, 0.2) is 47.0 Å². The maximum absolute atomic E-state index is 12.3. The number of rotatable bonds is 9. The number of methoxy groups -OCH3 is 3. The molecule has 8 nitrogen and oxygen atoms in total. The molecule has 1 aromatic heterocycles. The Labute approximate surface area is 175 Å². The van der Waals surface area contributed by atoms with Gasteiger partial charge in [0.2, 0.25) is 17.6 Å². The first-order valence-corrected chi connectivity index (χ1v) is 9.52. The molecule has 0 unspecified atom stereocenters. The first-order chi connectivity index (χ1) is 14.5. The van der Waals surface area contributed by atoms with E-state index < -0.39 is 0 Å². The van der Waals surface area contributed by atoms with Gasteiger partial charge in [-0.05, 0) is 42.8 Å². The number of ether oxygens (including phenoxy) is 3. The normalized spacial score (nSPS) is 11.6. The third kappa shape index (κ3) is 5.08. The molecule has 3 aromatic rings. The molecule has 158 valence electrons. The third-order valence-corrected chi connectivity index (χ3v) is 4.67. The molecule has 0 aliphatic carbocycles. The number of amides is 1. The fourth-order valence-corrected chi connectivity index (χ4v) is 2.96. The summed E-state index contributed by atoms with van der Waals surface area (Å²) in [7, 11) is 4.76. The minimum Gasteiger partial charge on any atom is -0.497 e. The standard InChI is InChI=1S/C22H25N3O5/c1-14(15-5-8-17(27-2)9-6-15)23-20(26)11-12-21-24-22(25-30-21)16-7-10-18(28-3)19(13-16)29-4/h5-10,13-14H,11-12H2,1-4H3,(H,23,26)/t14-/m0/s1. The molecule has 0 aliphatic heterocycles. The molecular weight excluding hydrogens is 386 g/mol. The van der Waals surface area contributed by atoms with Crippen LogP contribution in [-0.4, -0.2) is 37.4 Å². The summed E-state index contributed by atoms with van der Waals surface area (Å²) in [5, 5.41) is 6.96. The molecule has 0 radical (unpaired) electrons. The summed E-state index contributed by atoms with van der Waals surface area (Å²) in [6, 6.07) is 12.8. The number of carbonyl (C=O) groups excluding carboxylic acids is 1. The summed E-state index contributed by atoms with van der Waals surface area (Å²) in [6.45, 7) is 1.93. The van der Waals surface area contributed by atoms with Crippen molar-refractivity contribution in [3.63, 3.8) is 0 Å². The molecule has 1 atom stereocenters. The smallest absolute Gasteiger partial charge is 0.227 e. The molecule has 1 N–H and O–H groups in total. The summed E-state index contributed by atoms with van der Waals surface area (Å²) < 4.78 is 21.0. The molecule has 1 heterocycles. The molecule has 8 heteroatoms. The summed E-state index contributed by atoms with van der Waals surface area (Å²) in [5.41, 5.74) is 1.73. The summed E-state index contributed by atoms with van der Waals surface area (Å²) >= 11 is 0. The molecule has 30 heavy (non-hydrogen) atoms. The van der Waals surface area contributed by atoms with E-state index in [0.717, 1.165) is 16.9 Å². The van der Waals surface area contributed by atoms with Crippen LogP contribution in [0.4, 0.5) is 0 Å². The zero-order valence-electron chi connectivity index (χ0n) is 17.5. The van der Waals surface area contributed by atoms with Crippen LogP contribution in [0.3, 0.4) is 0 Å². The quantitative estimate of drug-likeness (QED) is 0.575. The van der Waals surface area contributed by atoms with Gasteiger partial charge in [0, 0.05) is 18.4 Å². The average Bonchev–Trinajstić information content (AvgIpc) is 3.26. The van der Waals surface area contributed by atoms with Crippen molar-refractivity contribution in [2.45, 2.75) is 25.8 Å². The fraction of sp³-hybridized carbons (Fsp3) is 0.318. The lowest BCUT2D eigenvalue weighted by atomic mass is 10.1. The molecule has 0 bridgehead atoms. The van der Waals surface area contributed by atoms with E-state index in [1.54, 1.807) is 33.5 Å². The topological polar surface area (TPSA) is 95.7 Å². The lowest BCUT2D eigenvalue weighted by Crippen LogP contribution is -2.26. The first kappa shape index (κ1) is 21.2. The van der Waals surface area contributed by atoms with Gasteiger partial charge in [-0.25, -0.2) is 0 Å². The van der Waals surface area contributed by atoms with Crippen molar-refractivity contribution in [3.05, 3.63) is 53.9 Å². The lowest BCUT2D eigenvalue weighted by Gasteiger charge is -2.14. The second kappa shape index (κ2) is 9.78. The molecule has 0 fully saturated rings. The van der Waals surface area contributed by atoms with E-state index in [1.165, 1.54) is 0 Å². The SMILES string of the molecule is COc1ccc([C@H](C)NC(=O)CCc2nc(-c3ccc(OC)c(OC)c3)no2)cc1. The van der Waals surface area contributed by atoms with E-state index in [-0.39, 0.29) is 18.4 Å². The Hall–Kier alpha value is -3.55. The van der Waals surface area contributed by atoms with Crippen molar-refractivity contribution in [1.82, 2.24) is 15.5 Å². The Morgan fingerprint density at radius 3 is 2.43 bits per heavy atom. The lowest BCUT2D eigenvalue weighted by molar-refractivity contribution is -0.121. The van der Waals surface area contributed by atoms with Crippen LogP contribution in [0.25, 0.3) is 11.4 Å². The van der Waals surface area contributed by atoms with Gasteiger partial charge < -0.3 is 24.1 Å². The predicted octanol–water partition coefficient (Wildman–Crippen LogP) is 3.57. The Kier molecular flexibility index (Phi) is 6.90. The molecule has 0 spiro atoms. The molecule has 0 aliphatic rings. The maximum Gasteiger partial charge on any atom is 0.227 e. The maximum atomic E-state index is 12.3. The van der Waals surface area contributed by atoms with Crippen molar-refractivity contribution in [3.8, 4) is 28.6 Å². The van der Waals surface area contributed by atoms with Crippen LogP contribution >= 0.6 is 0 Å². The van der Waals surface area contributed by atoms with Gasteiger partial charge in [0.25, 0.3) is 0 Å². The number of hydrogen-bond acceptors (Lipinski definition) is 7. The molecule has 0 saturated carbocycles. The van der Waals surface area contributed by atoms with Crippen molar-refractivity contribution < 1.29 is 23.5 Å². The van der Waals surface area contributed by atoms with Crippen LogP contribution in [0.5, 0.6) is 17.2 Å². The predicted molar refractivity (Wildman–Crippen MR) is 111 cm³/mol. The monoisotopic (exact) mass is 411 g/mol. The van der Waals surface area contributed by atoms with E-state index in [9.17, 15) is 4.79 Å². The second-order valence-electron chi connectivity index (χ2n) is 6.64. The van der Waals surface area contributed by atoms with Gasteiger partial charge in [-0.1, -0.05) is 17.3 Å². The Morgan fingerprint density at radius 1 is 1.03 bits per heavy atom. The summed E-state index contributed by atoms with van der Waals surface area (Å²) in [5.74, 6) is 2.70. The van der Waals surface area contributed by atoms with Gasteiger partial charge in [-0.2, -0.15) is 4.98 Å².